The number of rotatable bonds is 8. The summed E-state index contributed by atoms with van der Waals surface area (Å²) in [6.07, 6.45) is 1.41. The third kappa shape index (κ3) is 4.06. The van der Waals surface area contributed by atoms with Crippen LogP contribution in [-0.4, -0.2) is 60.9 Å². The fraction of sp³-hybridized carbons (Fsp3) is 0.588. The number of carboxylic acid groups (broad SMARTS) is 1. The molecule has 0 bridgehead atoms. The van der Waals surface area contributed by atoms with Gasteiger partial charge in [0.15, 0.2) is 4.34 Å². The van der Waals surface area contributed by atoms with E-state index in [9.17, 15) is 19.5 Å². The minimum atomic E-state index is -1.12. The molecule has 0 spiro atoms. The Morgan fingerprint density at radius 1 is 1.36 bits per heavy atom. The van der Waals surface area contributed by atoms with Crippen molar-refractivity contribution in [1.29, 1.82) is 0 Å². The molecular weight excluding hydrogens is 420 g/mol. The first-order valence-corrected chi connectivity index (χ1v) is 11.9. The average Bonchev–Trinajstić information content (AvgIpc) is 3.09. The number of carbonyl (C=O) groups excluding carboxylic acids is 2. The van der Waals surface area contributed by atoms with Crippen LogP contribution in [0.5, 0.6) is 0 Å². The van der Waals surface area contributed by atoms with Crippen molar-refractivity contribution in [3.8, 4) is 0 Å². The molecule has 2 amide bonds. The van der Waals surface area contributed by atoms with Gasteiger partial charge >= 0.3 is 5.97 Å². The lowest BCUT2D eigenvalue weighted by Gasteiger charge is -2.49. The molecule has 2 aliphatic heterocycles. The molecule has 0 saturated carbocycles. The SMILES string of the molecule is CCC(CC)C(=O)N[C@H]1C(=O)N2C(C(=O)O)=C(CSc3nnc(C)s3)CS[C@H]12. The van der Waals surface area contributed by atoms with Crippen molar-refractivity contribution in [3.63, 3.8) is 0 Å². The Morgan fingerprint density at radius 2 is 2.07 bits per heavy atom. The number of aryl methyl sites for hydroxylation is 1. The minimum Gasteiger partial charge on any atom is -0.477 e. The number of aromatic nitrogens is 2. The maximum absolute atomic E-state index is 12.6. The van der Waals surface area contributed by atoms with Gasteiger partial charge in [-0.15, -0.1) is 22.0 Å². The molecule has 152 valence electrons. The van der Waals surface area contributed by atoms with E-state index in [4.69, 9.17) is 0 Å². The summed E-state index contributed by atoms with van der Waals surface area (Å²) in [5.74, 6) is -0.816. The first-order chi connectivity index (χ1) is 13.4. The molecular formula is C17H22N4O4S3. The maximum atomic E-state index is 12.6. The van der Waals surface area contributed by atoms with Gasteiger partial charge in [-0.2, -0.15) is 0 Å². The van der Waals surface area contributed by atoms with Crippen LogP contribution in [0.15, 0.2) is 15.6 Å². The minimum absolute atomic E-state index is 0.0375. The van der Waals surface area contributed by atoms with E-state index in [0.29, 0.717) is 29.9 Å². The Labute approximate surface area is 175 Å². The van der Waals surface area contributed by atoms with Crippen molar-refractivity contribution < 1.29 is 19.5 Å². The zero-order valence-electron chi connectivity index (χ0n) is 15.8. The monoisotopic (exact) mass is 442 g/mol. The zero-order valence-corrected chi connectivity index (χ0v) is 18.2. The van der Waals surface area contributed by atoms with Gasteiger partial charge in [0.05, 0.1) is 0 Å². The Morgan fingerprint density at radius 3 is 2.64 bits per heavy atom. The van der Waals surface area contributed by atoms with Crippen molar-refractivity contribution in [3.05, 3.63) is 16.3 Å². The van der Waals surface area contributed by atoms with Gasteiger partial charge < -0.3 is 10.4 Å². The van der Waals surface area contributed by atoms with Crippen molar-refractivity contribution >= 4 is 52.6 Å². The lowest BCUT2D eigenvalue weighted by atomic mass is 9.99. The van der Waals surface area contributed by atoms with E-state index < -0.39 is 12.0 Å². The number of carbonyl (C=O) groups is 3. The van der Waals surface area contributed by atoms with Crippen LogP contribution < -0.4 is 5.32 Å². The van der Waals surface area contributed by atoms with E-state index in [0.717, 1.165) is 9.35 Å². The zero-order chi connectivity index (χ0) is 20.4. The second-order valence-corrected chi connectivity index (χ2v) is 10.1. The highest BCUT2D eigenvalue weighted by atomic mass is 32.2. The molecule has 3 rings (SSSR count). The summed E-state index contributed by atoms with van der Waals surface area (Å²) in [5.41, 5.74) is 0.722. The Kier molecular flexibility index (Phi) is 6.66. The van der Waals surface area contributed by atoms with Crippen LogP contribution in [0.3, 0.4) is 0 Å². The van der Waals surface area contributed by atoms with E-state index in [-0.39, 0.29) is 28.8 Å². The number of hydrogen-bond acceptors (Lipinski definition) is 8. The fourth-order valence-electron chi connectivity index (χ4n) is 3.21. The van der Waals surface area contributed by atoms with Crippen molar-refractivity contribution in [2.75, 3.05) is 11.5 Å². The van der Waals surface area contributed by atoms with Crippen LogP contribution in [-0.2, 0) is 14.4 Å². The Hall–Kier alpha value is -1.59. The van der Waals surface area contributed by atoms with Gasteiger partial charge in [0.1, 0.15) is 22.1 Å². The molecule has 28 heavy (non-hydrogen) atoms. The van der Waals surface area contributed by atoms with Gasteiger partial charge in [0.25, 0.3) is 5.91 Å². The van der Waals surface area contributed by atoms with E-state index in [1.54, 1.807) is 0 Å². The van der Waals surface area contributed by atoms with Crippen LogP contribution in [0.2, 0.25) is 0 Å². The summed E-state index contributed by atoms with van der Waals surface area (Å²) >= 11 is 4.36. The average molecular weight is 443 g/mol. The smallest absolute Gasteiger partial charge is 0.352 e. The number of nitrogens with one attached hydrogen (secondary N) is 1. The van der Waals surface area contributed by atoms with E-state index in [1.807, 2.05) is 20.8 Å². The first-order valence-electron chi connectivity index (χ1n) is 9.00. The predicted octanol–water partition coefficient (Wildman–Crippen LogP) is 2.11. The molecule has 0 unspecified atom stereocenters. The van der Waals surface area contributed by atoms with Gasteiger partial charge in [0, 0.05) is 17.4 Å². The van der Waals surface area contributed by atoms with E-state index in [1.165, 1.54) is 39.8 Å². The number of aliphatic carboxylic acids is 1. The van der Waals surface area contributed by atoms with Crippen LogP contribution in [0.1, 0.15) is 31.7 Å². The summed E-state index contributed by atoms with van der Waals surface area (Å²) in [6, 6.07) is -0.660. The normalized spacial score (nSPS) is 21.6. The maximum Gasteiger partial charge on any atom is 0.352 e. The van der Waals surface area contributed by atoms with Gasteiger partial charge in [0.2, 0.25) is 5.91 Å². The first kappa shape index (κ1) is 21.1. The summed E-state index contributed by atoms with van der Waals surface area (Å²) in [5, 5.41) is 21.0. The molecule has 0 aliphatic carbocycles. The fourth-order valence-corrected chi connectivity index (χ4v) is 6.51. The van der Waals surface area contributed by atoms with Crippen LogP contribution in [0.25, 0.3) is 0 Å². The molecule has 8 nitrogen and oxygen atoms in total. The second kappa shape index (κ2) is 8.83. The van der Waals surface area contributed by atoms with Crippen LogP contribution in [0, 0.1) is 12.8 Å². The van der Waals surface area contributed by atoms with Gasteiger partial charge in [-0.05, 0) is 25.3 Å². The molecule has 0 radical (unpaired) electrons. The van der Waals surface area contributed by atoms with Crippen LogP contribution >= 0.6 is 34.9 Å². The number of hydrogen-bond donors (Lipinski definition) is 2. The standard InChI is InChI=1S/C17H22N4O4S3/c1-4-9(5-2)13(22)18-11-14(23)21-12(16(24)25)10(6-26-15(11)21)7-27-17-20-19-8(3)28-17/h9,11,15H,4-7H2,1-3H3,(H,18,22)(H,24,25)/t11-,15+/m0/s1. The number of amides is 2. The number of thioether (sulfide) groups is 2. The molecule has 3 heterocycles. The summed E-state index contributed by atoms with van der Waals surface area (Å²) in [4.78, 5) is 38.2. The summed E-state index contributed by atoms with van der Waals surface area (Å²) in [6.45, 7) is 5.74. The van der Waals surface area contributed by atoms with Crippen molar-refractivity contribution in [2.45, 2.75) is 49.4 Å². The van der Waals surface area contributed by atoms with Gasteiger partial charge in [-0.25, -0.2) is 4.79 Å². The Bertz CT molecular complexity index is 821. The van der Waals surface area contributed by atoms with Crippen LogP contribution in [0.4, 0.5) is 0 Å². The Balaban J connectivity index is 1.72. The second-order valence-electron chi connectivity index (χ2n) is 6.54. The number of β-lactam (4-membered cyclic amide) rings is 1. The summed E-state index contributed by atoms with van der Waals surface area (Å²) in [7, 11) is 0. The molecule has 2 N–H and O–H groups in total. The highest BCUT2D eigenvalue weighted by Crippen LogP contribution is 2.41. The van der Waals surface area contributed by atoms with Gasteiger partial charge in [-0.1, -0.05) is 36.9 Å². The quantitative estimate of drug-likeness (QED) is 0.465. The number of fused-ring (bicyclic) bond motifs is 1. The molecule has 2 atom stereocenters. The molecule has 11 heteroatoms. The van der Waals surface area contributed by atoms with E-state index >= 15 is 0 Å². The molecule has 1 saturated heterocycles. The molecule has 1 aromatic heterocycles. The highest BCUT2D eigenvalue weighted by Gasteiger charge is 2.54. The molecule has 0 aromatic carbocycles. The van der Waals surface area contributed by atoms with Gasteiger partial charge in [-0.3, -0.25) is 14.5 Å². The predicted molar refractivity (Wildman–Crippen MR) is 109 cm³/mol. The van der Waals surface area contributed by atoms with E-state index in [2.05, 4.69) is 15.5 Å². The van der Waals surface area contributed by atoms with Crippen molar-refractivity contribution in [1.82, 2.24) is 20.4 Å². The number of carboxylic acids is 1. The molecule has 1 fully saturated rings. The largest absolute Gasteiger partial charge is 0.477 e. The molecule has 2 aliphatic rings. The third-order valence-electron chi connectivity index (χ3n) is 4.78. The summed E-state index contributed by atoms with van der Waals surface area (Å²) < 4.78 is 0.770. The lowest BCUT2D eigenvalue weighted by molar-refractivity contribution is -0.151. The topological polar surface area (TPSA) is 112 Å². The molecule has 1 aromatic rings. The lowest BCUT2D eigenvalue weighted by Crippen LogP contribution is -2.71. The highest BCUT2D eigenvalue weighted by molar-refractivity contribution is 8.01. The number of nitrogens with zero attached hydrogens (tertiary/aromatic N) is 3. The third-order valence-corrected chi connectivity index (χ3v) is 8.18. The van der Waals surface area contributed by atoms with Crippen molar-refractivity contribution in [2.24, 2.45) is 5.92 Å².